The van der Waals surface area contributed by atoms with Gasteiger partial charge in [0.25, 0.3) is 10.0 Å². The molecule has 9 heteroatoms. The summed E-state index contributed by atoms with van der Waals surface area (Å²) in [5.74, 6) is -1.04. The van der Waals surface area contributed by atoms with Crippen LogP contribution in [0.4, 0.5) is 5.69 Å². The maximum atomic E-state index is 11.4. The van der Waals surface area contributed by atoms with Gasteiger partial charge in [-0.3, -0.25) is 4.72 Å². The molecule has 0 unspecified atom stereocenters. The molecule has 2 N–H and O–H groups in total. The molecule has 0 bridgehead atoms. The molecular formula is C11H8N2O6S. The molecule has 3 rings (SSSR count). The number of ether oxygens (including phenoxy) is 1. The number of rotatable bonds is 2. The highest BCUT2D eigenvalue weighted by atomic mass is 32.2. The third-order valence-electron chi connectivity index (χ3n) is 2.63. The van der Waals surface area contributed by atoms with E-state index in [1.807, 2.05) is 0 Å². The van der Waals surface area contributed by atoms with Crippen molar-refractivity contribution in [1.29, 1.82) is 0 Å². The molecule has 0 spiro atoms. The Morgan fingerprint density at radius 1 is 1.35 bits per heavy atom. The molecular weight excluding hydrogens is 288 g/mol. The van der Waals surface area contributed by atoms with Crippen LogP contribution in [0.5, 0.6) is 5.75 Å². The molecule has 0 amide bonds. The number of benzene rings is 1. The Labute approximate surface area is 113 Å². The predicted octanol–water partition coefficient (Wildman–Crippen LogP) is 1.13. The van der Waals surface area contributed by atoms with Crippen molar-refractivity contribution in [1.82, 2.24) is 5.16 Å². The Morgan fingerprint density at radius 2 is 2.15 bits per heavy atom. The van der Waals surface area contributed by atoms with Crippen LogP contribution in [0, 0.1) is 0 Å². The minimum absolute atomic E-state index is 0.218. The van der Waals surface area contributed by atoms with Crippen LogP contribution in [0.3, 0.4) is 0 Å². The Bertz CT molecular complexity index is 795. The number of carboxylic acid groups (broad SMARTS) is 1. The van der Waals surface area contributed by atoms with Crippen molar-refractivity contribution < 1.29 is 27.6 Å². The van der Waals surface area contributed by atoms with Gasteiger partial charge in [-0.25, -0.2) is 13.2 Å². The van der Waals surface area contributed by atoms with Gasteiger partial charge >= 0.3 is 5.97 Å². The molecule has 1 aliphatic rings. The van der Waals surface area contributed by atoms with Gasteiger partial charge in [-0.05, 0) is 18.2 Å². The molecule has 1 aromatic carbocycles. The van der Waals surface area contributed by atoms with Crippen LogP contribution in [0.25, 0.3) is 11.3 Å². The van der Waals surface area contributed by atoms with Crippen molar-refractivity contribution in [2.45, 2.75) is 0 Å². The van der Waals surface area contributed by atoms with E-state index in [1.165, 1.54) is 12.1 Å². The van der Waals surface area contributed by atoms with E-state index >= 15 is 0 Å². The summed E-state index contributed by atoms with van der Waals surface area (Å²) in [5, 5.41) is 12.2. The van der Waals surface area contributed by atoms with Crippen molar-refractivity contribution in [3.8, 4) is 17.1 Å². The fourth-order valence-corrected chi connectivity index (χ4v) is 2.57. The molecule has 0 atom stereocenters. The lowest BCUT2D eigenvalue weighted by Gasteiger charge is -2.19. The molecule has 8 nitrogen and oxygen atoms in total. The fourth-order valence-electron chi connectivity index (χ4n) is 1.74. The molecule has 104 valence electrons. The number of anilines is 1. The Hall–Kier alpha value is -2.55. The average Bonchev–Trinajstić information content (AvgIpc) is 2.86. The molecule has 0 fully saturated rings. The van der Waals surface area contributed by atoms with Crippen LogP contribution < -0.4 is 9.46 Å². The summed E-state index contributed by atoms with van der Waals surface area (Å²) in [6.07, 6.45) is 0. The predicted molar refractivity (Wildman–Crippen MR) is 66.9 cm³/mol. The molecule has 0 saturated heterocycles. The maximum Gasteiger partial charge on any atom is 0.358 e. The Balaban J connectivity index is 2.01. The molecule has 1 aromatic heterocycles. The van der Waals surface area contributed by atoms with Gasteiger partial charge in [-0.1, -0.05) is 5.16 Å². The molecule has 1 aliphatic heterocycles. The second-order valence-electron chi connectivity index (χ2n) is 4.07. The highest BCUT2D eigenvalue weighted by molar-refractivity contribution is 7.92. The van der Waals surface area contributed by atoms with E-state index in [-0.39, 0.29) is 17.1 Å². The fraction of sp³-hybridized carbons (Fsp3) is 0.0909. The molecule has 0 saturated carbocycles. The summed E-state index contributed by atoms with van der Waals surface area (Å²) in [5.41, 5.74) is 0.522. The third-order valence-corrected chi connectivity index (χ3v) is 3.59. The van der Waals surface area contributed by atoms with Gasteiger partial charge in [-0.2, -0.15) is 0 Å². The van der Waals surface area contributed by atoms with Crippen LogP contribution in [0.15, 0.2) is 28.8 Å². The van der Waals surface area contributed by atoms with Gasteiger partial charge in [0, 0.05) is 11.6 Å². The Kier molecular flexibility index (Phi) is 2.64. The standard InChI is InChI=1S/C11H8N2O6S/c14-11(15)8-4-10(19-12-8)6-1-2-9-7(3-6)13-20(16,17)5-18-9/h1-4,13H,5H2,(H,14,15). The van der Waals surface area contributed by atoms with Crippen molar-refractivity contribution in [2.24, 2.45) is 0 Å². The molecule has 20 heavy (non-hydrogen) atoms. The van der Waals surface area contributed by atoms with E-state index in [2.05, 4.69) is 9.88 Å². The summed E-state index contributed by atoms with van der Waals surface area (Å²) >= 11 is 0. The van der Waals surface area contributed by atoms with Gasteiger partial charge in [0.2, 0.25) is 5.94 Å². The first kappa shape index (κ1) is 12.5. The van der Waals surface area contributed by atoms with Crippen molar-refractivity contribution in [3.05, 3.63) is 30.0 Å². The van der Waals surface area contributed by atoms with E-state index in [9.17, 15) is 13.2 Å². The highest BCUT2D eigenvalue weighted by Crippen LogP contribution is 2.34. The van der Waals surface area contributed by atoms with Crippen molar-refractivity contribution >= 4 is 21.7 Å². The summed E-state index contributed by atoms with van der Waals surface area (Å²) in [6, 6.07) is 5.92. The quantitative estimate of drug-likeness (QED) is 0.852. The highest BCUT2D eigenvalue weighted by Gasteiger charge is 2.22. The van der Waals surface area contributed by atoms with Crippen molar-refractivity contribution in [2.75, 3.05) is 10.7 Å². The topological polar surface area (TPSA) is 119 Å². The first-order valence-electron chi connectivity index (χ1n) is 5.42. The average molecular weight is 296 g/mol. The number of hydrogen-bond acceptors (Lipinski definition) is 6. The first-order valence-corrected chi connectivity index (χ1v) is 7.07. The van der Waals surface area contributed by atoms with E-state index in [1.54, 1.807) is 12.1 Å². The zero-order chi connectivity index (χ0) is 14.3. The minimum atomic E-state index is -3.52. The van der Waals surface area contributed by atoms with Gasteiger partial charge < -0.3 is 14.4 Å². The zero-order valence-electron chi connectivity index (χ0n) is 9.86. The van der Waals surface area contributed by atoms with Gasteiger partial charge in [0.15, 0.2) is 11.5 Å². The summed E-state index contributed by atoms with van der Waals surface area (Å²) < 4.78 is 35.1. The van der Waals surface area contributed by atoms with Gasteiger partial charge in [0.05, 0.1) is 5.69 Å². The van der Waals surface area contributed by atoms with Crippen LogP contribution in [0.2, 0.25) is 0 Å². The number of carboxylic acids is 1. The zero-order valence-corrected chi connectivity index (χ0v) is 10.7. The lowest BCUT2D eigenvalue weighted by molar-refractivity contribution is 0.0686. The van der Waals surface area contributed by atoms with E-state index in [0.29, 0.717) is 11.3 Å². The number of aromatic nitrogens is 1. The second-order valence-corrected chi connectivity index (χ2v) is 5.74. The smallest absolute Gasteiger partial charge is 0.358 e. The van der Waals surface area contributed by atoms with Crippen LogP contribution in [-0.4, -0.2) is 30.6 Å². The number of nitrogens with zero attached hydrogens (tertiary/aromatic N) is 1. The number of nitrogens with one attached hydrogen (secondary N) is 1. The SMILES string of the molecule is O=C(O)c1cc(-c2ccc3c(c2)NS(=O)(=O)CO3)on1. The number of fused-ring (bicyclic) bond motifs is 1. The lowest BCUT2D eigenvalue weighted by atomic mass is 10.1. The number of carbonyl (C=O) groups is 1. The molecule has 0 aliphatic carbocycles. The maximum absolute atomic E-state index is 11.4. The molecule has 0 radical (unpaired) electrons. The summed E-state index contributed by atoms with van der Waals surface area (Å²) in [4.78, 5) is 10.7. The van der Waals surface area contributed by atoms with Crippen LogP contribution in [0.1, 0.15) is 10.5 Å². The van der Waals surface area contributed by atoms with E-state index < -0.39 is 21.9 Å². The van der Waals surface area contributed by atoms with Crippen molar-refractivity contribution in [3.63, 3.8) is 0 Å². The molecule has 2 heterocycles. The van der Waals surface area contributed by atoms with Gasteiger partial charge in [-0.15, -0.1) is 0 Å². The second kappa shape index (κ2) is 4.23. The van der Waals surface area contributed by atoms with Gasteiger partial charge in [0.1, 0.15) is 5.75 Å². The largest absolute Gasteiger partial charge is 0.476 e. The number of hydrogen-bond donors (Lipinski definition) is 2. The minimum Gasteiger partial charge on any atom is -0.476 e. The van der Waals surface area contributed by atoms with Crippen LogP contribution in [-0.2, 0) is 10.0 Å². The number of aromatic carboxylic acids is 1. The van der Waals surface area contributed by atoms with E-state index in [0.717, 1.165) is 0 Å². The third kappa shape index (κ3) is 2.18. The molecule has 2 aromatic rings. The Morgan fingerprint density at radius 3 is 2.85 bits per heavy atom. The number of sulfonamides is 1. The summed E-state index contributed by atoms with van der Waals surface area (Å²) in [7, 11) is -3.52. The first-order chi connectivity index (χ1) is 9.44. The lowest BCUT2D eigenvalue weighted by Crippen LogP contribution is -2.25. The van der Waals surface area contributed by atoms with E-state index in [4.69, 9.17) is 14.4 Å². The van der Waals surface area contributed by atoms with Crippen LogP contribution >= 0.6 is 0 Å². The summed E-state index contributed by atoms with van der Waals surface area (Å²) in [6.45, 7) is 0. The monoisotopic (exact) mass is 296 g/mol. The normalized spacial score (nSPS) is 15.8.